The van der Waals surface area contributed by atoms with Gasteiger partial charge in [0.1, 0.15) is 5.58 Å². The van der Waals surface area contributed by atoms with Crippen molar-refractivity contribution >= 4 is 44.7 Å². The van der Waals surface area contributed by atoms with Crippen LogP contribution in [-0.4, -0.2) is 0 Å². The third-order valence-electron chi connectivity index (χ3n) is 4.16. The fourth-order valence-electron chi connectivity index (χ4n) is 2.48. The Morgan fingerprint density at radius 1 is 1.18 bits per heavy atom. The minimum absolute atomic E-state index is 0.168. The maximum Gasteiger partial charge on any atom is 0.190 e. The molecule has 22 heavy (non-hydrogen) atoms. The second-order valence-corrected chi connectivity index (χ2v) is 7.73. The summed E-state index contributed by atoms with van der Waals surface area (Å²) >= 11 is 1.73. The van der Waals surface area contributed by atoms with Crippen molar-refractivity contribution in [2.24, 2.45) is 5.41 Å². The molecule has 0 aliphatic rings. The molecule has 0 aliphatic heterocycles. The van der Waals surface area contributed by atoms with Crippen LogP contribution in [0.25, 0.3) is 33.4 Å². The highest BCUT2D eigenvalue weighted by Gasteiger charge is 2.19. The summed E-state index contributed by atoms with van der Waals surface area (Å²) in [6.07, 6.45) is 6.60. The lowest BCUT2D eigenvalue weighted by atomic mass is 9.86. The van der Waals surface area contributed by atoms with Crippen molar-refractivity contribution in [2.45, 2.75) is 34.6 Å². The topological polar surface area (TPSA) is 13.1 Å². The highest BCUT2D eigenvalue weighted by atomic mass is 32.1. The lowest BCUT2D eigenvalue weighted by molar-refractivity contribution is 0.508. The molecule has 0 atom stereocenters. The zero-order chi connectivity index (χ0) is 15.9. The smallest absolute Gasteiger partial charge is 0.190 e. The number of hydrogen-bond donors (Lipinski definition) is 0. The summed E-state index contributed by atoms with van der Waals surface area (Å²) in [7, 11) is 0. The van der Waals surface area contributed by atoms with Crippen molar-refractivity contribution in [1.29, 1.82) is 0 Å². The standard InChI is InChI=1S/C20H22OS/c1-6-9-17-15(12-13(2)20(3,4)5)18-14-10-7-8-11-16(14)21-19(18)22-17/h6-12H,1-5H3/b9-6-,13-12+. The van der Waals surface area contributed by atoms with E-state index in [-0.39, 0.29) is 5.41 Å². The summed E-state index contributed by atoms with van der Waals surface area (Å²) < 4.78 is 6.04. The first kappa shape index (κ1) is 15.1. The molecule has 0 unspecified atom stereocenters. The molecule has 2 heteroatoms. The SMILES string of the molecule is C/C=C\c1sc2oc3ccccc3c2c1/C=C(\C)C(C)(C)C. The summed E-state index contributed by atoms with van der Waals surface area (Å²) in [6.45, 7) is 11.0. The van der Waals surface area contributed by atoms with Crippen molar-refractivity contribution in [3.63, 3.8) is 0 Å². The number of benzene rings is 1. The number of fused-ring (bicyclic) bond motifs is 3. The van der Waals surface area contributed by atoms with Gasteiger partial charge in [0.2, 0.25) is 0 Å². The van der Waals surface area contributed by atoms with Crippen LogP contribution in [0.15, 0.2) is 40.3 Å². The molecule has 1 aromatic carbocycles. The van der Waals surface area contributed by atoms with Crippen LogP contribution < -0.4 is 0 Å². The fraction of sp³-hybridized carbons (Fsp3) is 0.300. The molecular weight excluding hydrogens is 288 g/mol. The summed E-state index contributed by atoms with van der Waals surface area (Å²) in [5, 5.41) is 2.45. The van der Waals surface area contributed by atoms with Gasteiger partial charge in [0.05, 0.1) is 0 Å². The summed E-state index contributed by atoms with van der Waals surface area (Å²) in [5.74, 6) is 0. The van der Waals surface area contributed by atoms with Crippen molar-refractivity contribution in [3.05, 3.63) is 46.4 Å². The van der Waals surface area contributed by atoms with E-state index in [2.05, 4.69) is 65.0 Å². The van der Waals surface area contributed by atoms with E-state index in [4.69, 9.17) is 4.42 Å². The van der Waals surface area contributed by atoms with E-state index in [0.717, 1.165) is 10.5 Å². The Morgan fingerprint density at radius 3 is 2.59 bits per heavy atom. The van der Waals surface area contributed by atoms with Crippen molar-refractivity contribution in [2.75, 3.05) is 0 Å². The van der Waals surface area contributed by atoms with Crippen LogP contribution in [0.1, 0.15) is 45.1 Å². The highest BCUT2D eigenvalue weighted by molar-refractivity contribution is 7.19. The minimum Gasteiger partial charge on any atom is -0.445 e. The molecule has 1 nitrogen and oxygen atoms in total. The zero-order valence-corrected chi connectivity index (χ0v) is 14.7. The van der Waals surface area contributed by atoms with Gasteiger partial charge in [-0.05, 0) is 31.4 Å². The normalized spacial score (nSPS) is 13.8. The maximum absolute atomic E-state index is 6.04. The quantitative estimate of drug-likeness (QED) is 0.490. The molecule has 0 N–H and O–H groups in total. The van der Waals surface area contributed by atoms with E-state index in [1.807, 2.05) is 12.1 Å². The monoisotopic (exact) mass is 310 g/mol. The number of para-hydroxylation sites is 1. The molecule has 0 aliphatic carbocycles. The maximum atomic E-state index is 6.04. The first-order valence-corrected chi connectivity index (χ1v) is 8.49. The van der Waals surface area contributed by atoms with Crippen molar-refractivity contribution in [3.8, 4) is 0 Å². The second kappa shape index (κ2) is 5.44. The van der Waals surface area contributed by atoms with Crippen LogP contribution in [-0.2, 0) is 0 Å². The summed E-state index contributed by atoms with van der Waals surface area (Å²) in [6, 6.07) is 8.30. The van der Waals surface area contributed by atoms with E-state index in [1.54, 1.807) is 11.3 Å². The van der Waals surface area contributed by atoms with Gasteiger partial charge in [0, 0.05) is 21.2 Å². The molecule has 2 heterocycles. The molecule has 0 spiro atoms. The molecule has 0 saturated heterocycles. The van der Waals surface area contributed by atoms with Gasteiger partial charge in [0.25, 0.3) is 0 Å². The van der Waals surface area contributed by atoms with Crippen LogP contribution in [0, 0.1) is 5.41 Å². The number of hydrogen-bond acceptors (Lipinski definition) is 2. The Balaban J connectivity index is 2.35. The van der Waals surface area contributed by atoms with Gasteiger partial charge >= 0.3 is 0 Å². The lowest BCUT2D eigenvalue weighted by Crippen LogP contribution is -2.06. The molecule has 0 saturated carbocycles. The molecule has 114 valence electrons. The predicted octanol–water partition coefficient (Wildman–Crippen LogP) is 7.13. The average molecular weight is 310 g/mol. The van der Waals surface area contributed by atoms with Gasteiger partial charge < -0.3 is 4.42 Å². The Labute approximate surface area is 135 Å². The van der Waals surface area contributed by atoms with Gasteiger partial charge in [-0.1, -0.05) is 68.0 Å². The van der Waals surface area contributed by atoms with Crippen LogP contribution in [0.3, 0.4) is 0 Å². The Bertz CT molecular complexity index is 882. The lowest BCUT2D eigenvalue weighted by Gasteiger charge is -2.19. The van der Waals surface area contributed by atoms with E-state index < -0.39 is 0 Å². The van der Waals surface area contributed by atoms with Crippen LogP contribution >= 0.6 is 11.3 Å². The minimum atomic E-state index is 0.168. The van der Waals surface area contributed by atoms with E-state index in [9.17, 15) is 0 Å². The zero-order valence-electron chi connectivity index (χ0n) is 13.9. The average Bonchev–Trinajstić information content (AvgIpc) is 2.95. The molecule has 0 radical (unpaired) electrons. The first-order chi connectivity index (χ1) is 10.4. The van der Waals surface area contributed by atoms with E-state index in [0.29, 0.717) is 0 Å². The van der Waals surface area contributed by atoms with Gasteiger partial charge in [0.15, 0.2) is 4.90 Å². The molecule has 0 bridgehead atoms. The molecule has 2 aromatic heterocycles. The number of thiophene rings is 1. The van der Waals surface area contributed by atoms with E-state index in [1.165, 1.54) is 26.8 Å². The van der Waals surface area contributed by atoms with Crippen LogP contribution in [0.4, 0.5) is 0 Å². The Kier molecular flexibility index (Phi) is 3.73. The third kappa shape index (κ3) is 2.52. The Morgan fingerprint density at radius 2 is 1.91 bits per heavy atom. The van der Waals surface area contributed by atoms with Gasteiger partial charge in [-0.2, -0.15) is 0 Å². The van der Waals surface area contributed by atoms with Crippen molar-refractivity contribution in [1.82, 2.24) is 0 Å². The van der Waals surface area contributed by atoms with Gasteiger partial charge in [-0.25, -0.2) is 0 Å². The number of furan rings is 1. The first-order valence-electron chi connectivity index (χ1n) is 7.67. The predicted molar refractivity (Wildman–Crippen MR) is 99.4 cm³/mol. The summed E-state index contributed by atoms with van der Waals surface area (Å²) in [5.41, 5.74) is 3.80. The molecule has 3 aromatic rings. The summed E-state index contributed by atoms with van der Waals surface area (Å²) in [4.78, 5) is 2.29. The Hall–Kier alpha value is -1.80. The number of rotatable bonds is 2. The molecule has 0 amide bonds. The highest BCUT2D eigenvalue weighted by Crippen LogP contribution is 2.41. The van der Waals surface area contributed by atoms with Crippen LogP contribution in [0.2, 0.25) is 0 Å². The largest absolute Gasteiger partial charge is 0.445 e. The van der Waals surface area contributed by atoms with E-state index >= 15 is 0 Å². The fourth-order valence-corrected chi connectivity index (χ4v) is 3.61. The molecule has 3 rings (SSSR count). The van der Waals surface area contributed by atoms with Crippen LogP contribution in [0.5, 0.6) is 0 Å². The molecular formula is C20H22OS. The van der Waals surface area contributed by atoms with Crippen molar-refractivity contribution < 1.29 is 4.42 Å². The molecule has 0 fully saturated rings. The van der Waals surface area contributed by atoms with Gasteiger partial charge in [-0.3, -0.25) is 0 Å². The van der Waals surface area contributed by atoms with Gasteiger partial charge in [-0.15, -0.1) is 0 Å². The second-order valence-electron chi connectivity index (χ2n) is 6.72. The number of allylic oxidation sites excluding steroid dienone is 2. The third-order valence-corrected chi connectivity index (χ3v) is 5.21.